The molecular weight excluding hydrogens is 250 g/mol. The minimum atomic E-state index is 0.860. The van der Waals surface area contributed by atoms with Gasteiger partial charge in [-0.3, -0.25) is 4.99 Å². The summed E-state index contributed by atoms with van der Waals surface area (Å²) in [6.45, 7) is 2.97. The zero-order valence-electron chi connectivity index (χ0n) is 12.4. The lowest BCUT2D eigenvalue weighted by Gasteiger charge is -2.01. The molecular formula is C15H23N5. The molecule has 20 heavy (non-hydrogen) atoms. The number of nitrogens with zero attached hydrogens (tertiary/aromatic N) is 2. The normalized spacial score (nSPS) is 10.2. The van der Waals surface area contributed by atoms with Gasteiger partial charge in [0, 0.05) is 12.2 Å². The molecule has 1 heterocycles. The molecule has 2 rings (SSSR count). The fourth-order valence-electron chi connectivity index (χ4n) is 1.47. The number of rotatable bonds is 5. The third kappa shape index (κ3) is 5.67. The summed E-state index contributed by atoms with van der Waals surface area (Å²) in [5.74, 6) is 0. The van der Waals surface area contributed by atoms with Crippen LogP contribution in [0.4, 0.5) is 5.69 Å². The van der Waals surface area contributed by atoms with Gasteiger partial charge in [-0.25, -0.2) is 4.98 Å². The molecule has 0 atom stereocenters. The second-order valence-electron chi connectivity index (χ2n) is 4.22. The van der Waals surface area contributed by atoms with Crippen molar-refractivity contribution >= 4 is 12.0 Å². The lowest BCUT2D eigenvalue weighted by molar-refractivity contribution is 0.936. The van der Waals surface area contributed by atoms with Crippen molar-refractivity contribution in [2.45, 2.75) is 13.3 Å². The molecule has 0 fully saturated rings. The summed E-state index contributed by atoms with van der Waals surface area (Å²) in [5, 5.41) is 5.88. The van der Waals surface area contributed by atoms with Gasteiger partial charge in [-0.2, -0.15) is 0 Å². The first-order valence-electron chi connectivity index (χ1n) is 6.74. The second-order valence-corrected chi connectivity index (χ2v) is 4.22. The van der Waals surface area contributed by atoms with Gasteiger partial charge in [-0.15, -0.1) is 0 Å². The molecule has 5 heteroatoms. The van der Waals surface area contributed by atoms with Crippen LogP contribution in [-0.2, 0) is 0 Å². The van der Waals surface area contributed by atoms with Gasteiger partial charge in [-0.1, -0.05) is 19.1 Å². The van der Waals surface area contributed by atoms with Crippen LogP contribution in [-0.4, -0.2) is 36.9 Å². The molecule has 3 N–H and O–H groups in total. The summed E-state index contributed by atoms with van der Waals surface area (Å²) in [6, 6.07) is 8.13. The molecule has 1 aromatic heterocycles. The Morgan fingerprint density at radius 1 is 1.25 bits per heavy atom. The number of nitrogens with one attached hydrogen (secondary N) is 3. The van der Waals surface area contributed by atoms with Crippen molar-refractivity contribution in [1.82, 2.24) is 15.3 Å². The van der Waals surface area contributed by atoms with Crippen molar-refractivity contribution in [3.8, 4) is 11.3 Å². The van der Waals surface area contributed by atoms with Gasteiger partial charge >= 0.3 is 0 Å². The Bertz CT molecular complexity index is 473. The molecule has 0 saturated heterocycles. The largest absolute Gasteiger partial charge is 0.347 e. The summed E-state index contributed by atoms with van der Waals surface area (Å²) in [4.78, 5) is 11.3. The zero-order valence-corrected chi connectivity index (χ0v) is 12.4. The van der Waals surface area contributed by atoms with E-state index in [0.29, 0.717) is 0 Å². The number of hydrogen-bond acceptors (Lipinski definition) is 3. The Morgan fingerprint density at radius 3 is 2.50 bits per heavy atom. The van der Waals surface area contributed by atoms with E-state index in [1.54, 1.807) is 12.7 Å². The number of aromatic nitrogens is 2. The van der Waals surface area contributed by atoms with E-state index in [2.05, 4.69) is 32.5 Å². The van der Waals surface area contributed by atoms with Crippen LogP contribution in [0.15, 0.2) is 41.8 Å². The summed E-state index contributed by atoms with van der Waals surface area (Å²) < 4.78 is 0. The summed E-state index contributed by atoms with van der Waals surface area (Å²) in [7, 11) is 3.75. The van der Waals surface area contributed by atoms with E-state index in [1.807, 2.05) is 44.6 Å². The van der Waals surface area contributed by atoms with Gasteiger partial charge in [-0.05, 0) is 38.2 Å². The first-order valence-corrected chi connectivity index (χ1v) is 6.74. The molecule has 0 amide bonds. The van der Waals surface area contributed by atoms with E-state index in [-0.39, 0.29) is 0 Å². The van der Waals surface area contributed by atoms with E-state index < -0.39 is 0 Å². The maximum atomic E-state index is 4.21. The summed E-state index contributed by atoms with van der Waals surface area (Å²) in [6.07, 6.45) is 6.30. The van der Waals surface area contributed by atoms with Crippen molar-refractivity contribution in [2.75, 3.05) is 26.0 Å². The van der Waals surface area contributed by atoms with Crippen molar-refractivity contribution in [3.05, 3.63) is 36.8 Å². The van der Waals surface area contributed by atoms with Gasteiger partial charge in [0.15, 0.2) is 0 Å². The number of imidazole rings is 1. The SMILES string of the molecule is CCCN=CNc1ccc(-c2cnc[nH]2)cc1.CNC. The molecule has 0 aliphatic carbocycles. The summed E-state index contributed by atoms with van der Waals surface area (Å²) in [5.41, 5.74) is 3.18. The molecule has 0 radical (unpaired) electrons. The Labute approximate surface area is 120 Å². The molecule has 0 bridgehead atoms. The lowest BCUT2D eigenvalue weighted by atomic mass is 10.1. The van der Waals surface area contributed by atoms with Gasteiger partial charge in [0.2, 0.25) is 0 Å². The molecule has 1 aromatic carbocycles. The number of benzene rings is 1. The standard InChI is InChI=1S/C13H16N4.C2H7N/c1-2-7-14-9-16-12-5-3-11(4-6-12)13-8-15-10-17-13;1-3-2/h3-6,8-10H,2,7H2,1H3,(H,14,16)(H,15,17);3H,1-2H3. The molecule has 0 spiro atoms. The molecule has 0 aliphatic heterocycles. The predicted octanol–water partition coefficient (Wildman–Crippen LogP) is 2.76. The van der Waals surface area contributed by atoms with Crippen LogP contribution in [0, 0.1) is 0 Å². The van der Waals surface area contributed by atoms with Crippen molar-refractivity contribution in [2.24, 2.45) is 4.99 Å². The van der Waals surface area contributed by atoms with Crippen molar-refractivity contribution in [3.63, 3.8) is 0 Å². The van der Waals surface area contributed by atoms with Crippen molar-refractivity contribution < 1.29 is 0 Å². The minimum absolute atomic E-state index is 0.860. The monoisotopic (exact) mass is 273 g/mol. The van der Waals surface area contributed by atoms with E-state index in [4.69, 9.17) is 0 Å². The highest BCUT2D eigenvalue weighted by atomic mass is 14.9. The fraction of sp³-hybridized carbons (Fsp3) is 0.333. The van der Waals surface area contributed by atoms with E-state index in [1.165, 1.54) is 0 Å². The van der Waals surface area contributed by atoms with Gasteiger partial charge in [0.1, 0.15) is 0 Å². The molecule has 0 saturated carbocycles. The number of aromatic amines is 1. The van der Waals surface area contributed by atoms with Crippen LogP contribution in [0.1, 0.15) is 13.3 Å². The smallest absolute Gasteiger partial charge is 0.0924 e. The lowest BCUT2D eigenvalue weighted by Crippen LogP contribution is -1.95. The van der Waals surface area contributed by atoms with E-state index >= 15 is 0 Å². The fourth-order valence-corrected chi connectivity index (χ4v) is 1.47. The first-order chi connectivity index (χ1) is 9.81. The van der Waals surface area contributed by atoms with Crippen LogP contribution < -0.4 is 10.6 Å². The highest BCUT2D eigenvalue weighted by molar-refractivity contribution is 5.76. The maximum Gasteiger partial charge on any atom is 0.0924 e. The van der Waals surface area contributed by atoms with Gasteiger partial charge in [0.05, 0.1) is 24.6 Å². The Balaban J connectivity index is 0.000000612. The third-order valence-electron chi connectivity index (χ3n) is 2.37. The van der Waals surface area contributed by atoms with Crippen LogP contribution in [0.25, 0.3) is 11.3 Å². The van der Waals surface area contributed by atoms with Crippen molar-refractivity contribution in [1.29, 1.82) is 0 Å². The van der Waals surface area contributed by atoms with Crippen LogP contribution in [0.5, 0.6) is 0 Å². The van der Waals surface area contributed by atoms with Gasteiger partial charge < -0.3 is 15.6 Å². The first kappa shape index (κ1) is 15.9. The van der Waals surface area contributed by atoms with Crippen LogP contribution >= 0.6 is 0 Å². The number of hydrogen-bond donors (Lipinski definition) is 3. The molecule has 0 unspecified atom stereocenters. The van der Waals surface area contributed by atoms with Crippen LogP contribution in [0.3, 0.4) is 0 Å². The van der Waals surface area contributed by atoms with E-state index in [9.17, 15) is 0 Å². The topological polar surface area (TPSA) is 65.1 Å². The Morgan fingerprint density at radius 2 is 1.95 bits per heavy atom. The Hall–Kier alpha value is -2.14. The molecule has 0 aliphatic rings. The maximum absolute atomic E-state index is 4.21. The molecule has 108 valence electrons. The molecule has 2 aromatic rings. The minimum Gasteiger partial charge on any atom is -0.347 e. The second kappa shape index (κ2) is 9.75. The third-order valence-corrected chi connectivity index (χ3v) is 2.37. The Kier molecular flexibility index (Phi) is 7.76. The summed E-state index contributed by atoms with van der Waals surface area (Å²) >= 11 is 0. The predicted molar refractivity (Wildman–Crippen MR) is 86.3 cm³/mol. The average Bonchev–Trinajstić information content (AvgIpc) is 2.99. The average molecular weight is 273 g/mol. The number of aliphatic imine (C=N–C) groups is 1. The number of anilines is 1. The zero-order chi connectivity index (χ0) is 14.6. The highest BCUT2D eigenvalue weighted by Gasteiger charge is 1.97. The number of H-pyrrole nitrogens is 1. The highest BCUT2D eigenvalue weighted by Crippen LogP contribution is 2.18. The molecule has 5 nitrogen and oxygen atoms in total. The van der Waals surface area contributed by atoms with Gasteiger partial charge in [0.25, 0.3) is 0 Å². The van der Waals surface area contributed by atoms with Crippen LogP contribution in [0.2, 0.25) is 0 Å². The van der Waals surface area contributed by atoms with E-state index in [0.717, 1.165) is 29.9 Å². The quantitative estimate of drug-likeness (QED) is 0.580.